The maximum atomic E-state index is 5.83. The Morgan fingerprint density at radius 2 is 1.79 bits per heavy atom. The Kier molecular flexibility index (Phi) is 1.88. The Hall–Kier alpha value is -1.31. The molecule has 0 bridgehead atoms. The number of oxazole rings is 1. The monoisotopic (exact) mass is 190 g/mol. The van der Waals surface area contributed by atoms with Gasteiger partial charge in [-0.25, -0.2) is 0 Å². The van der Waals surface area contributed by atoms with Crippen molar-refractivity contribution in [2.24, 2.45) is 7.05 Å². The van der Waals surface area contributed by atoms with Crippen LogP contribution in [0.4, 0.5) is 0 Å². The number of aryl methyl sites for hydroxylation is 1. The maximum absolute atomic E-state index is 5.83. The summed E-state index contributed by atoms with van der Waals surface area (Å²) >= 11 is 0. The van der Waals surface area contributed by atoms with Crippen molar-refractivity contribution in [2.45, 2.75) is 26.2 Å². The molecule has 2 rings (SSSR count). The SMILES string of the molecule is C[n+]1c(C(C)(C)C)oc2ccccc21. The highest BCUT2D eigenvalue weighted by Gasteiger charge is 2.30. The first kappa shape index (κ1) is 9.25. The van der Waals surface area contributed by atoms with Gasteiger partial charge in [0.15, 0.2) is 0 Å². The molecule has 0 fully saturated rings. The molecule has 0 aliphatic rings. The van der Waals surface area contributed by atoms with Crippen molar-refractivity contribution in [1.29, 1.82) is 0 Å². The van der Waals surface area contributed by atoms with Crippen molar-refractivity contribution in [1.82, 2.24) is 0 Å². The minimum absolute atomic E-state index is 0.0494. The van der Waals surface area contributed by atoms with E-state index >= 15 is 0 Å². The molecule has 1 heterocycles. The molecule has 74 valence electrons. The fourth-order valence-corrected chi connectivity index (χ4v) is 1.76. The Morgan fingerprint density at radius 3 is 2.36 bits per heavy atom. The lowest BCUT2D eigenvalue weighted by molar-refractivity contribution is -0.662. The lowest BCUT2D eigenvalue weighted by Crippen LogP contribution is -2.37. The molecule has 0 saturated carbocycles. The molecule has 0 atom stereocenters. The van der Waals surface area contributed by atoms with Crippen LogP contribution < -0.4 is 4.57 Å². The quantitative estimate of drug-likeness (QED) is 0.583. The predicted octanol–water partition coefficient (Wildman–Crippen LogP) is 2.55. The van der Waals surface area contributed by atoms with Crippen LogP contribution in [0.25, 0.3) is 11.1 Å². The van der Waals surface area contributed by atoms with Gasteiger partial charge in [-0.2, -0.15) is 4.57 Å². The van der Waals surface area contributed by atoms with E-state index in [4.69, 9.17) is 4.42 Å². The first-order valence-electron chi connectivity index (χ1n) is 4.88. The number of para-hydroxylation sites is 2. The van der Waals surface area contributed by atoms with E-state index in [1.165, 1.54) is 0 Å². The standard InChI is InChI=1S/C12H16NO/c1-12(2,3)11-13(4)9-7-5-6-8-10(9)14-11/h5-8H,1-4H3/q+1. The normalized spacial score (nSPS) is 12.3. The molecule has 2 nitrogen and oxygen atoms in total. The van der Waals surface area contributed by atoms with Gasteiger partial charge in [-0.3, -0.25) is 0 Å². The lowest BCUT2D eigenvalue weighted by Gasteiger charge is -2.08. The van der Waals surface area contributed by atoms with E-state index in [1.54, 1.807) is 0 Å². The van der Waals surface area contributed by atoms with Crippen LogP contribution in [-0.4, -0.2) is 0 Å². The van der Waals surface area contributed by atoms with Crippen LogP contribution in [0.2, 0.25) is 0 Å². The molecule has 14 heavy (non-hydrogen) atoms. The summed E-state index contributed by atoms with van der Waals surface area (Å²) in [6, 6.07) is 8.11. The summed E-state index contributed by atoms with van der Waals surface area (Å²) in [5.41, 5.74) is 2.16. The smallest absolute Gasteiger partial charge is 0.353 e. The third-order valence-electron chi connectivity index (χ3n) is 2.38. The summed E-state index contributed by atoms with van der Waals surface area (Å²) in [4.78, 5) is 0. The predicted molar refractivity (Wildman–Crippen MR) is 56.1 cm³/mol. The van der Waals surface area contributed by atoms with Crippen molar-refractivity contribution < 1.29 is 8.98 Å². The number of rotatable bonds is 0. The van der Waals surface area contributed by atoms with Crippen LogP contribution >= 0.6 is 0 Å². The first-order chi connectivity index (χ1) is 6.50. The fraction of sp³-hybridized carbons (Fsp3) is 0.417. The van der Waals surface area contributed by atoms with Crippen LogP contribution in [0.3, 0.4) is 0 Å². The van der Waals surface area contributed by atoms with Gasteiger partial charge < -0.3 is 4.42 Å². The van der Waals surface area contributed by atoms with Gasteiger partial charge in [0.05, 0.1) is 5.41 Å². The fourth-order valence-electron chi connectivity index (χ4n) is 1.76. The third-order valence-corrected chi connectivity index (χ3v) is 2.38. The molecular weight excluding hydrogens is 174 g/mol. The van der Waals surface area contributed by atoms with Gasteiger partial charge in [0.2, 0.25) is 5.58 Å². The summed E-state index contributed by atoms with van der Waals surface area (Å²) in [6.07, 6.45) is 0. The van der Waals surface area contributed by atoms with Crippen molar-refractivity contribution in [3.63, 3.8) is 0 Å². The van der Waals surface area contributed by atoms with E-state index in [1.807, 2.05) is 25.2 Å². The molecule has 0 unspecified atom stereocenters. The van der Waals surface area contributed by atoms with E-state index in [2.05, 4.69) is 31.4 Å². The number of nitrogens with zero attached hydrogens (tertiary/aromatic N) is 1. The average molecular weight is 190 g/mol. The topological polar surface area (TPSA) is 17.0 Å². The molecule has 0 radical (unpaired) electrons. The van der Waals surface area contributed by atoms with E-state index in [0.29, 0.717) is 0 Å². The Labute approximate surface area is 84.2 Å². The minimum Gasteiger partial charge on any atom is -0.401 e. The van der Waals surface area contributed by atoms with Gasteiger partial charge in [-0.15, -0.1) is 0 Å². The molecule has 0 aliphatic carbocycles. The third kappa shape index (κ3) is 1.31. The largest absolute Gasteiger partial charge is 0.401 e. The molecule has 2 aromatic rings. The van der Waals surface area contributed by atoms with E-state index in [0.717, 1.165) is 17.0 Å². The lowest BCUT2D eigenvalue weighted by atomic mass is 9.97. The highest BCUT2D eigenvalue weighted by atomic mass is 16.4. The highest BCUT2D eigenvalue weighted by Crippen LogP contribution is 2.23. The molecule has 0 amide bonds. The summed E-state index contributed by atoms with van der Waals surface area (Å²) in [5, 5.41) is 0. The first-order valence-corrected chi connectivity index (χ1v) is 4.88. The van der Waals surface area contributed by atoms with Crippen molar-refractivity contribution in [2.75, 3.05) is 0 Å². The second kappa shape index (κ2) is 2.84. The number of hydrogen-bond donors (Lipinski definition) is 0. The molecule has 0 saturated heterocycles. The average Bonchev–Trinajstić information content (AvgIpc) is 2.44. The zero-order valence-electron chi connectivity index (χ0n) is 9.16. The van der Waals surface area contributed by atoms with Gasteiger partial charge in [0.1, 0.15) is 7.05 Å². The van der Waals surface area contributed by atoms with Crippen molar-refractivity contribution in [3.05, 3.63) is 30.2 Å². The summed E-state index contributed by atoms with van der Waals surface area (Å²) in [5.74, 6) is 1.01. The van der Waals surface area contributed by atoms with Gasteiger partial charge >= 0.3 is 5.89 Å². The second-order valence-corrected chi connectivity index (χ2v) is 4.68. The van der Waals surface area contributed by atoms with Gasteiger partial charge in [-0.1, -0.05) is 12.1 Å². The Morgan fingerprint density at radius 1 is 1.14 bits per heavy atom. The van der Waals surface area contributed by atoms with Crippen molar-refractivity contribution in [3.8, 4) is 0 Å². The summed E-state index contributed by atoms with van der Waals surface area (Å²) < 4.78 is 7.95. The van der Waals surface area contributed by atoms with Gasteiger partial charge in [0.25, 0.3) is 5.52 Å². The van der Waals surface area contributed by atoms with Gasteiger partial charge in [-0.05, 0) is 26.8 Å². The Balaban J connectivity index is 2.75. The maximum Gasteiger partial charge on any atom is 0.353 e. The molecule has 1 aromatic carbocycles. The molecular formula is C12H16NO+. The summed E-state index contributed by atoms with van der Waals surface area (Å²) in [7, 11) is 2.05. The van der Waals surface area contributed by atoms with Crippen LogP contribution in [0.5, 0.6) is 0 Å². The van der Waals surface area contributed by atoms with Crippen LogP contribution in [0, 0.1) is 0 Å². The number of aromatic nitrogens is 1. The van der Waals surface area contributed by atoms with E-state index in [-0.39, 0.29) is 5.41 Å². The van der Waals surface area contributed by atoms with E-state index < -0.39 is 0 Å². The number of fused-ring (bicyclic) bond motifs is 1. The minimum atomic E-state index is 0.0494. The van der Waals surface area contributed by atoms with Crippen LogP contribution in [0.1, 0.15) is 26.7 Å². The molecule has 0 N–H and O–H groups in total. The van der Waals surface area contributed by atoms with Crippen LogP contribution in [0.15, 0.2) is 28.7 Å². The van der Waals surface area contributed by atoms with Crippen LogP contribution in [-0.2, 0) is 12.5 Å². The number of benzene rings is 1. The van der Waals surface area contributed by atoms with Gasteiger partial charge in [0, 0.05) is 6.07 Å². The summed E-state index contributed by atoms with van der Waals surface area (Å²) in [6.45, 7) is 6.47. The zero-order chi connectivity index (χ0) is 10.3. The molecule has 0 aliphatic heterocycles. The molecule has 1 aromatic heterocycles. The molecule has 0 spiro atoms. The Bertz CT molecular complexity index is 463. The van der Waals surface area contributed by atoms with Crippen molar-refractivity contribution >= 4 is 11.1 Å². The van der Waals surface area contributed by atoms with E-state index in [9.17, 15) is 0 Å². The molecule has 2 heteroatoms. The zero-order valence-corrected chi connectivity index (χ0v) is 9.16. The highest BCUT2D eigenvalue weighted by molar-refractivity contribution is 5.68. The number of hydrogen-bond acceptors (Lipinski definition) is 1. The second-order valence-electron chi connectivity index (χ2n) is 4.68.